The number of nitro groups is 1. The maximum absolute atomic E-state index is 10.9. The molecule has 92 valence electrons. The van der Waals surface area contributed by atoms with E-state index < -0.39 is 4.92 Å². The minimum absolute atomic E-state index is 0.112. The molecule has 1 aromatic rings. The predicted molar refractivity (Wildman–Crippen MR) is 62.8 cm³/mol. The summed E-state index contributed by atoms with van der Waals surface area (Å²) in [6.07, 6.45) is 1.34. The van der Waals surface area contributed by atoms with Crippen LogP contribution in [0, 0.1) is 17.0 Å². The van der Waals surface area contributed by atoms with Gasteiger partial charge in [0, 0.05) is 18.1 Å². The molecule has 0 heterocycles. The zero-order valence-corrected chi connectivity index (χ0v) is 9.93. The molecule has 0 amide bonds. The van der Waals surface area contributed by atoms with Crippen molar-refractivity contribution in [1.82, 2.24) is 0 Å². The van der Waals surface area contributed by atoms with E-state index >= 15 is 0 Å². The second-order valence-electron chi connectivity index (χ2n) is 3.82. The maximum atomic E-state index is 10.9. The highest BCUT2D eigenvalue weighted by atomic mass is 16.6. The minimum atomic E-state index is -0.396. The number of nitrogens with zero attached hydrogens (tertiary/aromatic N) is 1. The van der Waals surface area contributed by atoms with Crippen LogP contribution in [0.3, 0.4) is 0 Å². The van der Waals surface area contributed by atoms with E-state index in [4.69, 9.17) is 0 Å². The SMILES string of the molecule is COC(=O)CCCc1cc(C)ccc1[N+](=O)[O-]. The number of ether oxygens (including phenoxy) is 1. The van der Waals surface area contributed by atoms with Crippen molar-refractivity contribution < 1.29 is 14.5 Å². The van der Waals surface area contributed by atoms with Gasteiger partial charge in [0.1, 0.15) is 0 Å². The molecule has 0 fully saturated rings. The first kappa shape index (κ1) is 13.2. The van der Waals surface area contributed by atoms with Gasteiger partial charge in [0.15, 0.2) is 0 Å². The van der Waals surface area contributed by atoms with Gasteiger partial charge in [0.25, 0.3) is 5.69 Å². The van der Waals surface area contributed by atoms with E-state index in [0.29, 0.717) is 18.4 Å². The van der Waals surface area contributed by atoms with E-state index in [9.17, 15) is 14.9 Å². The molecule has 17 heavy (non-hydrogen) atoms. The molecule has 0 spiro atoms. The highest BCUT2D eigenvalue weighted by Crippen LogP contribution is 2.21. The smallest absolute Gasteiger partial charge is 0.305 e. The molecule has 0 bridgehead atoms. The molecule has 0 saturated heterocycles. The summed E-state index contributed by atoms with van der Waals surface area (Å²) in [6, 6.07) is 5.00. The Balaban J connectivity index is 2.72. The van der Waals surface area contributed by atoms with Gasteiger partial charge in [-0.25, -0.2) is 0 Å². The molecule has 0 N–H and O–H groups in total. The third-order valence-corrected chi connectivity index (χ3v) is 2.49. The number of nitro benzene ring substituents is 1. The van der Waals surface area contributed by atoms with Crippen LogP contribution in [0.15, 0.2) is 18.2 Å². The summed E-state index contributed by atoms with van der Waals surface area (Å²) in [5.74, 6) is -0.291. The molecule has 0 aliphatic rings. The lowest BCUT2D eigenvalue weighted by Gasteiger charge is -2.04. The number of benzene rings is 1. The van der Waals surface area contributed by atoms with Gasteiger partial charge in [0.2, 0.25) is 0 Å². The average molecular weight is 237 g/mol. The number of hydrogen-bond donors (Lipinski definition) is 0. The molecule has 5 nitrogen and oxygen atoms in total. The van der Waals surface area contributed by atoms with Gasteiger partial charge in [-0.1, -0.05) is 11.6 Å². The fourth-order valence-electron chi connectivity index (χ4n) is 1.62. The Morgan fingerprint density at radius 2 is 2.18 bits per heavy atom. The number of esters is 1. The number of rotatable bonds is 5. The molecule has 1 aromatic carbocycles. The first-order chi connectivity index (χ1) is 8.04. The molecule has 5 heteroatoms. The van der Waals surface area contributed by atoms with E-state index in [2.05, 4.69) is 4.74 Å². The molecule has 0 radical (unpaired) electrons. The Labute approximate surface area is 99.5 Å². The molecule has 0 saturated carbocycles. The van der Waals surface area contributed by atoms with E-state index in [-0.39, 0.29) is 18.1 Å². The van der Waals surface area contributed by atoms with Gasteiger partial charge in [-0.2, -0.15) is 0 Å². The summed E-state index contributed by atoms with van der Waals surface area (Å²) in [5, 5.41) is 10.8. The number of carbonyl (C=O) groups excluding carboxylic acids is 1. The Bertz CT molecular complexity index is 429. The third kappa shape index (κ3) is 3.86. The van der Waals surface area contributed by atoms with Crippen molar-refractivity contribution in [3.63, 3.8) is 0 Å². The van der Waals surface area contributed by atoms with Gasteiger partial charge < -0.3 is 4.74 Å². The van der Waals surface area contributed by atoms with Crippen LogP contribution in [-0.2, 0) is 16.0 Å². The standard InChI is InChI=1S/C12H15NO4/c1-9-6-7-11(13(15)16)10(8-9)4-3-5-12(14)17-2/h6-8H,3-5H2,1-2H3. The fourth-order valence-corrected chi connectivity index (χ4v) is 1.62. The van der Waals surface area contributed by atoms with Crippen LogP contribution >= 0.6 is 0 Å². The first-order valence-electron chi connectivity index (χ1n) is 5.35. The van der Waals surface area contributed by atoms with Crippen LogP contribution < -0.4 is 0 Å². The number of aryl methyl sites for hydroxylation is 2. The lowest BCUT2D eigenvalue weighted by atomic mass is 10.0. The predicted octanol–water partition coefficient (Wildman–Crippen LogP) is 2.40. The van der Waals surface area contributed by atoms with Crippen molar-refractivity contribution >= 4 is 11.7 Å². The van der Waals surface area contributed by atoms with Crippen molar-refractivity contribution in [3.05, 3.63) is 39.4 Å². The molecule has 0 aromatic heterocycles. The normalized spacial score (nSPS) is 10.0. The summed E-state index contributed by atoms with van der Waals surface area (Å²) in [6.45, 7) is 1.88. The van der Waals surface area contributed by atoms with Crippen LogP contribution in [-0.4, -0.2) is 18.0 Å². The van der Waals surface area contributed by atoms with E-state index in [1.54, 1.807) is 12.1 Å². The molecule has 1 rings (SSSR count). The number of carbonyl (C=O) groups is 1. The third-order valence-electron chi connectivity index (χ3n) is 2.49. The van der Waals surface area contributed by atoms with Gasteiger partial charge in [-0.3, -0.25) is 14.9 Å². The van der Waals surface area contributed by atoms with Crippen LogP contribution in [0.4, 0.5) is 5.69 Å². The zero-order chi connectivity index (χ0) is 12.8. The van der Waals surface area contributed by atoms with Crippen molar-refractivity contribution in [2.45, 2.75) is 26.2 Å². The van der Waals surface area contributed by atoms with E-state index in [1.807, 2.05) is 6.92 Å². The molecular formula is C12H15NO4. The summed E-state index contributed by atoms with van der Waals surface area (Å²) in [7, 11) is 1.33. The van der Waals surface area contributed by atoms with E-state index in [0.717, 1.165) is 5.56 Å². The van der Waals surface area contributed by atoms with E-state index in [1.165, 1.54) is 13.2 Å². The molecule has 0 aliphatic carbocycles. The quantitative estimate of drug-likeness (QED) is 0.448. The average Bonchev–Trinajstić information content (AvgIpc) is 2.28. The number of hydrogen-bond acceptors (Lipinski definition) is 4. The Morgan fingerprint density at radius 1 is 1.47 bits per heavy atom. The molecule has 0 atom stereocenters. The molecular weight excluding hydrogens is 222 g/mol. The second-order valence-corrected chi connectivity index (χ2v) is 3.82. The van der Waals surface area contributed by atoms with Gasteiger partial charge in [-0.15, -0.1) is 0 Å². The maximum Gasteiger partial charge on any atom is 0.305 e. The molecule has 0 unspecified atom stereocenters. The monoisotopic (exact) mass is 237 g/mol. The summed E-state index contributed by atoms with van der Waals surface area (Å²) in [5.41, 5.74) is 1.75. The second kappa shape index (κ2) is 5.98. The van der Waals surface area contributed by atoms with Gasteiger partial charge in [-0.05, 0) is 25.8 Å². The van der Waals surface area contributed by atoms with Crippen LogP contribution in [0.2, 0.25) is 0 Å². The van der Waals surface area contributed by atoms with Gasteiger partial charge >= 0.3 is 5.97 Å². The zero-order valence-electron chi connectivity index (χ0n) is 9.93. The molecule has 0 aliphatic heterocycles. The van der Waals surface area contributed by atoms with Crippen LogP contribution in [0.25, 0.3) is 0 Å². The van der Waals surface area contributed by atoms with Gasteiger partial charge in [0.05, 0.1) is 12.0 Å². The van der Waals surface area contributed by atoms with Crippen molar-refractivity contribution in [2.75, 3.05) is 7.11 Å². The largest absolute Gasteiger partial charge is 0.469 e. The summed E-state index contributed by atoms with van der Waals surface area (Å²) in [4.78, 5) is 21.3. The van der Waals surface area contributed by atoms with Crippen LogP contribution in [0.5, 0.6) is 0 Å². The summed E-state index contributed by atoms with van der Waals surface area (Å²) >= 11 is 0. The lowest BCUT2D eigenvalue weighted by molar-refractivity contribution is -0.385. The van der Waals surface area contributed by atoms with Crippen LogP contribution in [0.1, 0.15) is 24.0 Å². The van der Waals surface area contributed by atoms with Crippen molar-refractivity contribution in [3.8, 4) is 0 Å². The van der Waals surface area contributed by atoms with Crippen molar-refractivity contribution in [1.29, 1.82) is 0 Å². The Kier molecular flexibility index (Phi) is 4.63. The minimum Gasteiger partial charge on any atom is -0.469 e. The Hall–Kier alpha value is -1.91. The topological polar surface area (TPSA) is 69.4 Å². The number of methoxy groups -OCH3 is 1. The highest BCUT2D eigenvalue weighted by molar-refractivity contribution is 5.69. The van der Waals surface area contributed by atoms with Crippen molar-refractivity contribution in [2.24, 2.45) is 0 Å². The summed E-state index contributed by atoms with van der Waals surface area (Å²) < 4.78 is 4.52. The lowest BCUT2D eigenvalue weighted by Crippen LogP contribution is -2.02. The highest BCUT2D eigenvalue weighted by Gasteiger charge is 2.13. The Morgan fingerprint density at radius 3 is 2.76 bits per heavy atom. The first-order valence-corrected chi connectivity index (χ1v) is 5.35. The fraction of sp³-hybridized carbons (Fsp3) is 0.417.